The Balaban J connectivity index is 0.00000280. The zero-order valence-corrected chi connectivity index (χ0v) is 18.5. The van der Waals surface area contributed by atoms with E-state index in [0.717, 1.165) is 44.4 Å². The van der Waals surface area contributed by atoms with Gasteiger partial charge in [0.1, 0.15) is 5.76 Å². The Kier molecular flexibility index (Phi) is 9.29. The smallest absolute Gasteiger partial charge is 0.239 e. The standard InChI is InChI=1S/C20H27N5O2.HI/c1-21-20(23-15-19(26)22-14-18-8-5-13-27-18)25-11-9-24(10-12-25)16-17-6-3-2-4-7-17;/h2-8,13H,9-12,14-16H2,1H3,(H,21,23)(H,22,26);1H. The summed E-state index contributed by atoms with van der Waals surface area (Å²) >= 11 is 0. The molecule has 0 unspecified atom stereocenters. The van der Waals surface area contributed by atoms with Crippen LogP contribution in [0.3, 0.4) is 0 Å². The topological polar surface area (TPSA) is 73.1 Å². The fourth-order valence-corrected chi connectivity index (χ4v) is 3.11. The number of hydrogen-bond donors (Lipinski definition) is 2. The van der Waals surface area contributed by atoms with Crippen molar-refractivity contribution in [3.05, 3.63) is 60.1 Å². The van der Waals surface area contributed by atoms with Crippen LogP contribution in [-0.4, -0.2) is 61.4 Å². The van der Waals surface area contributed by atoms with Crippen molar-refractivity contribution >= 4 is 35.8 Å². The van der Waals surface area contributed by atoms with Crippen LogP contribution in [0.25, 0.3) is 0 Å². The second-order valence-electron chi connectivity index (χ2n) is 6.51. The predicted octanol–water partition coefficient (Wildman–Crippen LogP) is 1.91. The van der Waals surface area contributed by atoms with E-state index in [4.69, 9.17) is 4.42 Å². The molecule has 8 heteroatoms. The number of benzene rings is 1. The van der Waals surface area contributed by atoms with Gasteiger partial charge >= 0.3 is 0 Å². The zero-order chi connectivity index (χ0) is 18.9. The van der Waals surface area contributed by atoms with Crippen LogP contribution >= 0.6 is 24.0 Å². The second kappa shape index (κ2) is 11.7. The summed E-state index contributed by atoms with van der Waals surface area (Å²) in [7, 11) is 1.75. The summed E-state index contributed by atoms with van der Waals surface area (Å²) < 4.78 is 5.21. The van der Waals surface area contributed by atoms with Crippen molar-refractivity contribution in [2.75, 3.05) is 39.8 Å². The van der Waals surface area contributed by atoms with Crippen LogP contribution in [0.2, 0.25) is 0 Å². The Labute approximate surface area is 183 Å². The van der Waals surface area contributed by atoms with E-state index >= 15 is 0 Å². The number of guanidine groups is 1. The summed E-state index contributed by atoms with van der Waals surface area (Å²) in [6, 6.07) is 14.2. The van der Waals surface area contributed by atoms with Gasteiger partial charge in [-0.2, -0.15) is 0 Å². The molecule has 2 aromatic rings. The Morgan fingerprint density at radius 3 is 2.46 bits per heavy atom. The van der Waals surface area contributed by atoms with E-state index in [1.165, 1.54) is 5.56 Å². The van der Waals surface area contributed by atoms with Gasteiger partial charge in [0.25, 0.3) is 0 Å². The van der Waals surface area contributed by atoms with Gasteiger partial charge in [-0.1, -0.05) is 30.3 Å². The molecule has 1 amide bonds. The molecule has 28 heavy (non-hydrogen) atoms. The summed E-state index contributed by atoms with van der Waals surface area (Å²) in [4.78, 5) is 21.0. The lowest BCUT2D eigenvalue weighted by atomic mass is 10.2. The number of rotatable bonds is 6. The molecule has 0 aliphatic carbocycles. The first-order valence-electron chi connectivity index (χ1n) is 9.25. The van der Waals surface area contributed by atoms with E-state index in [1.807, 2.05) is 12.1 Å². The van der Waals surface area contributed by atoms with E-state index < -0.39 is 0 Å². The Morgan fingerprint density at radius 2 is 1.82 bits per heavy atom. The number of amides is 1. The molecule has 3 rings (SSSR count). The van der Waals surface area contributed by atoms with Crippen LogP contribution in [-0.2, 0) is 17.9 Å². The van der Waals surface area contributed by atoms with Gasteiger partial charge in [0.05, 0.1) is 19.4 Å². The molecule has 2 heterocycles. The molecule has 1 aromatic carbocycles. The Bertz CT molecular complexity index is 728. The normalized spacial score (nSPS) is 15.0. The molecular weight excluding hydrogens is 469 g/mol. The fraction of sp³-hybridized carbons (Fsp3) is 0.400. The summed E-state index contributed by atoms with van der Waals surface area (Å²) in [6.07, 6.45) is 1.60. The molecular formula is C20H28IN5O2. The average Bonchev–Trinajstić information content (AvgIpc) is 3.22. The van der Waals surface area contributed by atoms with Crippen LogP contribution < -0.4 is 10.6 Å². The number of carbonyl (C=O) groups excluding carboxylic acids is 1. The number of nitrogens with zero attached hydrogens (tertiary/aromatic N) is 3. The summed E-state index contributed by atoms with van der Waals surface area (Å²) in [5.74, 6) is 1.42. The van der Waals surface area contributed by atoms with Crippen molar-refractivity contribution in [1.82, 2.24) is 20.4 Å². The van der Waals surface area contributed by atoms with E-state index in [9.17, 15) is 4.79 Å². The number of piperazine rings is 1. The lowest BCUT2D eigenvalue weighted by Crippen LogP contribution is -2.53. The molecule has 1 aliphatic rings. The predicted molar refractivity (Wildman–Crippen MR) is 121 cm³/mol. The molecule has 1 aromatic heterocycles. The third-order valence-corrected chi connectivity index (χ3v) is 4.58. The van der Waals surface area contributed by atoms with Gasteiger partial charge in [-0.25, -0.2) is 0 Å². The van der Waals surface area contributed by atoms with E-state index in [-0.39, 0.29) is 36.4 Å². The first-order valence-corrected chi connectivity index (χ1v) is 9.25. The number of carbonyl (C=O) groups is 1. The minimum absolute atomic E-state index is 0. The van der Waals surface area contributed by atoms with Crippen LogP contribution in [0.5, 0.6) is 0 Å². The number of furan rings is 1. The number of hydrogen-bond acceptors (Lipinski definition) is 4. The van der Waals surface area contributed by atoms with Gasteiger partial charge < -0.3 is 20.0 Å². The fourth-order valence-electron chi connectivity index (χ4n) is 3.11. The zero-order valence-electron chi connectivity index (χ0n) is 16.1. The number of halogens is 1. The first kappa shape index (κ1) is 22.2. The van der Waals surface area contributed by atoms with Crippen LogP contribution in [0, 0.1) is 0 Å². The molecule has 152 valence electrons. The highest BCUT2D eigenvalue weighted by atomic mass is 127. The number of aliphatic imine (C=N–C) groups is 1. The van der Waals surface area contributed by atoms with Crippen LogP contribution in [0.15, 0.2) is 58.1 Å². The van der Waals surface area contributed by atoms with Gasteiger partial charge in [0.15, 0.2) is 5.96 Å². The van der Waals surface area contributed by atoms with Gasteiger partial charge in [-0.05, 0) is 17.7 Å². The van der Waals surface area contributed by atoms with E-state index in [1.54, 1.807) is 19.4 Å². The first-order chi connectivity index (χ1) is 13.2. The molecule has 1 aliphatic heterocycles. The highest BCUT2D eigenvalue weighted by Crippen LogP contribution is 2.08. The lowest BCUT2D eigenvalue weighted by Gasteiger charge is -2.36. The maximum absolute atomic E-state index is 12.0. The summed E-state index contributed by atoms with van der Waals surface area (Å²) in [6.45, 7) is 5.28. The molecule has 2 N–H and O–H groups in total. The highest BCUT2D eigenvalue weighted by molar-refractivity contribution is 14.0. The largest absolute Gasteiger partial charge is 0.467 e. The average molecular weight is 497 g/mol. The van der Waals surface area contributed by atoms with Crippen molar-refractivity contribution in [2.45, 2.75) is 13.1 Å². The monoisotopic (exact) mass is 497 g/mol. The minimum Gasteiger partial charge on any atom is -0.467 e. The van der Waals surface area contributed by atoms with Crippen molar-refractivity contribution < 1.29 is 9.21 Å². The van der Waals surface area contributed by atoms with Gasteiger partial charge in [-0.15, -0.1) is 24.0 Å². The quantitative estimate of drug-likeness (QED) is 0.363. The maximum Gasteiger partial charge on any atom is 0.239 e. The van der Waals surface area contributed by atoms with E-state index in [0.29, 0.717) is 6.54 Å². The molecule has 7 nitrogen and oxygen atoms in total. The molecule has 1 saturated heterocycles. The summed E-state index contributed by atoms with van der Waals surface area (Å²) in [5.41, 5.74) is 1.33. The molecule has 0 saturated carbocycles. The molecule has 0 atom stereocenters. The molecule has 0 bridgehead atoms. The highest BCUT2D eigenvalue weighted by Gasteiger charge is 2.20. The maximum atomic E-state index is 12.0. The van der Waals surface area contributed by atoms with Crippen LogP contribution in [0.1, 0.15) is 11.3 Å². The van der Waals surface area contributed by atoms with Crippen molar-refractivity contribution in [2.24, 2.45) is 4.99 Å². The second-order valence-corrected chi connectivity index (χ2v) is 6.51. The van der Waals surface area contributed by atoms with Crippen molar-refractivity contribution in [1.29, 1.82) is 0 Å². The third kappa shape index (κ3) is 6.83. The van der Waals surface area contributed by atoms with Crippen molar-refractivity contribution in [3.63, 3.8) is 0 Å². The van der Waals surface area contributed by atoms with E-state index in [2.05, 4.69) is 49.7 Å². The summed E-state index contributed by atoms with van der Waals surface area (Å²) in [5, 5.41) is 5.97. The van der Waals surface area contributed by atoms with Crippen LogP contribution in [0.4, 0.5) is 0 Å². The number of nitrogens with one attached hydrogen (secondary N) is 2. The minimum atomic E-state index is -0.0877. The lowest BCUT2D eigenvalue weighted by molar-refractivity contribution is -0.120. The Hall–Kier alpha value is -2.07. The van der Waals surface area contributed by atoms with Gasteiger partial charge in [0, 0.05) is 39.8 Å². The Morgan fingerprint density at radius 1 is 1.07 bits per heavy atom. The van der Waals surface area contributed by atoms with Crippen molar-refractivity contribution in [3.8, 4) is 0 Å². The van der Waals surface area contributed by atoms with Gasteiger partial charge in [-0.3, -0.25) is 14.7 Å². The SMILES string of the molecule is CN=C(NCC(=O)NCc1ccco1)N1CCN(Cc2ccccc2)CC1.I. The molecule has 0 spiro atoms. The molecule has 0 radical (unpaired) electrons. The van der Waals surface area contributed by atoms with Gasteiger partial charge in [0.2, 0.25) is 5.91 Å². The third-order valence-electron chi connectivity index (χ3n) is 4.58. The molecule has 1 fully saturated rings.